The average molecular weight is 441 g/mol. The largest absolute Gasteiger partial charge is 0.508 e. The van der Waals surface area contributed by atoms with Crippen LogP contribution in [0.4, 0.5) is 0 Å². The molecule has 0 aliphatic heterocycles. The Bertz CT molecular complexity index is 1130. The van der Waals surface area contributed by atoms with E-state index in [1.807, 2.05) is 48.5 Å². The summed E-state index contributed by atoms with van der Waals surface area (Å²) < 4.78 is 0. The molecule has 0 heterocycles. The fourth-order valence-corrected chi connectivity index (χ4v) is 4.74. The first-order valence-corrected chi connectivity index (χ1v) is 11.0. The topological polar surface area (TPSA) is 80.9 Å². The van der Waals surface area contributed by atoms with Crippen LogP contribution in [0.1, 0.15) is 41.5 Å². The molecule has 4 rings (SSSR count). The van der Waals surface area contributed by atoms with Crippen molar-refractivity contribution in [3.8, 4) is 23.0 Å². The third kappa shape index (κ3) is 4.65. The summed E-state index contributed by atoms with van der Waals surface area (Å²) in [6, 6.07) is 29.2. The smallest absolute Gasteiger partial charge is 0.115 e. The normalized spacial score (nSPS) is 12.4. The number of benzene rings is 4. The van der Waals surface area contributed by atoms with E-state index in [0.717, 1.165) is 35.1 Å². The van der Waals surface area contributed by atoms with E-state index in [1.54, 1.807) is 48.5 Å². The molecule has 4 heteroatoms. The van der Waals surface area contributed by atoms with E-state index in [4.69, 9.17) is 0 Å². The molecule has 33 heavy (non-hydrogen) atoms. The van der Waals surface area contributed by atoms with Gasteiger partial charge in [0.25, 0.3) is 0 Å². The Hall–Kier alpha value is -3.92. The van der Waals surface area contributed by atoms with Gasteiger partial charge in [-0.3, -0.25) is 0 Å². The predicted molar refractivity (Wildman–Crippen MR) is 130 cm³/mol. The molecule has 0 saturated heterocycles. The molecule has 0 aliphatic carbocycles. The number of hydrogen-bond acceptors (Lipinski definition) is 4. The summed E-state index contributed by atoms with van der Waals surface area (Å²) >= 11 is 0. The van der Waals surface area contributed by atoms with Gasteiger partial charge < -0.3 is 20.4 Å². The lowest BCUT2D eigenvalue weighted by Crippen LogP contribution is -2.34. The summed E-state index contributed by atoms with van der Waals surface area (Å²) in [5.41, 5.74) is 3.78. The highest BCUT2D eigenvalue weighted by atomic mass is 16.3. The van der Waals surface area contributed by atoms with Crippen molar-refractivity contribution in [2.75, 3.05) is 0 Å². The standard InChI is InChI=1S/C29H28O4/c1-20(22-4-12-26(31)13-5-22)29(23-6-14-27(32)15-7-23,24-8-16-28(33)17-9-24)19-18-21-2-10-25(30)11-3-21/h2-17,20,30-33H,18-19H2,1H3. The number of aryl methyl sites for hydroxylation is 1. The third-order valence-electron chi connectivity index (χ3n) is 6.64. The first-order valence-electron chi connectivity index (χ1n) is 11.0. The molecule has 0 saturated carbocycles. The van der Waals surface area contributed by atoms with Crippen LogP contribution in [-0.2, 0) is 11.8 Å². The minimum absolute atomic E-state index is 0.00398. The Labute approximate surface area is 194 Å². The van der Waals surface area contributed by atoms with Crippen LogP contribution in [0.15, 0.2) is 97.1 Å². The van der Waals surface area contributed by atoms with Crippen molar-refractivity contribution in [1.29, 1.82) is 0 Å². The molecule has 0 aliphatic rings. The van der Waals surface area contributed by atoms with Crippen LogP contribution < -0.4 is 0 Å². The zero-order chi connectivity index (χ0) is 23.4. The zero-order valence-electron chi connectivity index (χ0n) is 18.5. The van der Waals surface area contributed by atoms with Gasteiger partial charge in [-0.1, -0.05) is 55.5 Å². The summed E-state index contributed by atoms with van der Waals surface area (Å²) in [5, 5.41) is 39.4. The monoisotopic (exact) mass is 440 g/mol. The second-order valence-electron chi connectivity index (χ2n) is 8.54. The average Bonchev–Trinajstić information content (AvgIpc) is 2.83. The van der Waals surface area contributed by atoms with Gasteiger partial charge in [0.15, 0.2) is 0 Å². The Kier molecular flexibility index (Phi) is 6.27. The van der Waals surface area contributed by atoms with Gasteiger partial charge in [-0.25, -0.2) is 0 Å². The molecule has 0 bridgehead atoms. The van der Waals surface area contributed by atoms with Crippen LogP contribution >= 0.6 is 0 Å². The van der Waals surface area contributed by atoms with E-state index < -0.39 is 5.41 Å². The molecule has 4 nitrogen and oxygen atoms in total. The zero-order valence-corrected chi connectivity index (χ0v) is 18.5. The van der Waals surface area contributed by atoms with Crippen LogP contribution in [0.3, 0.4) is 0 Å². The maximum atomic E-state index is 9.96. The van der Waals surface area contributed by atoms with Crippen molar-refractivity contribution in [2.24, 2.45) is 0 Å². The summed E-state index contributed by atoms with van der Waals surface area (Å²) in [4.78, 5) is 0. The first-order chi connectivity index (χ1) is 15.9. The second kappa shape index (κ2) is 9.29. The molecule has 168 valence electrons. The number of phenols is 4. The van der Waals surface area contributed by atoms with Gasteiger partial charge in [0.2, 0.25) is 0 Å². The van der Waals surface area contributed by atoms with E-state index in [2.05, 4.69) is 6.92 Å². The fourth-order valence-electron chi connectivity index (χ4n) is 4.74. The van der Waals surface area contributed by atoms with Crippen LogP contribution in [0, 0.1) is 0 Å². The van der Waals surface area contributed by atoms with Crippen LogP contribution in [0.5, 0.6) is 23.0 Å². The van der Waals surface area contributed by atoms with Crippen molar-refractivity contribution in [3.05, 3.63) is 119 Å². The third-order valence-corrected chi connectivity index (χ3v) is 6.64. The van der Waals surface area contributed by atoms with Gasteiger partial charge in [-0.05, 0) is 89.5 Å². The molecular formula is C29H28O4. The maximum Gasteiger partial charge on any atom is 0.115 e. The molecular weight excluding hydrogens is 412 g/mol. The van der Waals surface area contributed by atoms with Crippen molar-refractivity contribution in [3.63, 3.8) is 0 Å². The molecule has 1 unspecified atom stereocenters. The van der Waals surface area contributed by atoms with Gasteiger partial charge in [-0.2, -0.15) is 0 Å². The van der Waals surface area contributed by atoms with Crippen LogP contribution in [-0.4, -0.2) is 20.4 Å². The molecule has 4 aromatic carbocycles. The Morgan fingerprint density at radius 1 is 0.545 bits per heavy atom. The SMILES string of the molecule is CC(c1ccc(O)cc1)C(CCc1ccc(O)cc1)(c1ccc(O)cc1)c1ccc(O)cc1. The first kappa shape index (κ1) is 22.3. The van der Waals surface area contributed by atoms with E-state index in [-0.39, 0.29) is 28.9 Å². The van der Waals surface area contributed by atoms with E-state index >= 15 is 0 Å². The van der Waals surface area contributed by atoms with E-state index in [1.165, 1.54) is 0 Å². The lowest BCUT2D eigenvalue weighted by atomic mass is 9.61. The fraction of sp³-hybridized carbons (Fsp3) is 0.172. The van der Waals surface area contributed by atoms with Crippen molar-refractivity contribution < 1.29 is 20.4 Å². The summed E-state index contributed by atoms with van der Waals surface area (Å²) in [7, 11) is 0. The minimum atomic E-state index is -0.490. The highest BCUT2D eigenvalue weighted by molar-refractivity contribution is 5.48. The second-order valence-corrected chi connectivity index (χ2v) is 8.54. The van der Waals surface area contributed by atoms with Crippen LogP contribution in [0.2, 0.25) is 0 Å². The van der Waals surface area contributed by atoms with Gasteiger partial charge in [0, 0.05) is 5.41 Å². The Balaban J connectivity index is 1.88. The molecule has 1 atom stereocenters. The molecule has 4 N–H and O–H groups in total. The Morgan fingerprint density at radius 2 is 0.909 bits per heavy atom. The molecule has 4 aromatic rings. The molecule has 0 aromatic heterocycles. The maximum absolute atomic E-state index is 9.96. The van der Waals surface area contributed by atoms with Gasteiger partial charge in [0.1, 0.15) is 23.0 Å². The van der Waals surface area contributed by atoms with E-state index in [9.17, 15) is 20.4 Å². The summed E-state index contributed by atoms with van der Waals surface area (Å²) in [5.74, 6) is 0.863. The molecule has 0 spiro atoms. The quantitative estimate of drug-likeness (QED) is 0.275. The van der Waals surface area contributed by atoms with Gasteiger partial charge in [-0.15, -0.1) is 0 Å². The lowest BCUT2D eigenvalue weighted by molar-refractivity contribution is 0.397. The lowest BCUT2D eigenvalue weighted by Gasteiger charge is -2.41. The van der Waals surface area contributed by atoms with Crippen molar-refractivity contribution in [2.45, 2.75) is 31.1 Å². The van der Waals surface area contributed by atoms with E-state index in [0.29, 0.717) is 0 Å². The highest BCUT2D eigenvalue weighted by Crippen LogP contribution is 2.48. The van der Waals surface area contributed by atoms with Crippen molar-refractivity contribution in [1.82, 2.24) is 0 Å². The summed E-state index contributed by atoms with van der Waals surface area (Å²) in [6.45, 7) is 2.17. The molecule has 0 amide bonds. The molecule has 0 radical (unpaired) electrons. The van der Waals surface area contributed by atoms with Crippen molar-refractivity contribution >= 4 is 0 Å². The predicted octanol–water partition coefficient (Wildman–Crippen LogP) is 6.23. The number of aromatic hydroxyl groups is 4. The van der Waals surface area contributed by atoms with Gasteiger partial charge >= 0.3 is 0 Å². The number of rotatable bonds is 7. The van der Waals surface area contributed by atoms with Gasteiger partial charge in [0.05, 0.1) is 0 Å². The Morgan fingerprint density at radius 3 is 1.33 bits per heavy atom. The highest BCUT2D eigenvalue weighted by Gasteiger charge is 2.40. The molecule has 0 fully saturated rings. The van der Waals surface area contributed by atoms with Crippen LogP contribution in [0.25, 0.3) is 0 Å². The number of hydrogen-bond donors (Lipinski definition) is 4. The minimum Gasteiger partial charge on any atom is -0.508 e. The summed E-state index contributed by atoms with van der Waals surface area (Å²) in [6.07, 6.45) is 1.50. The number of phenolic OH excluding ortho intramolecular Hbond substituents is 4.